The van der Waals surface area contributed by atoms with Crippen LogP contribution in [0.5, 0.6) is 11.5 Å². The van der Waals surface area contributed by atoms with E-state index < -0.39 is 6.03 Å². The molecule has 0 spiro atoms. The minimum Gasteiger partial charge on any atom is -0.490 e. The number of hydrogen-bond donors (Lipinski definition) is 3. The van der Waals surface area contributed by atoms with Crippen molar-refractivity contribution < 1.29 is 19.1 Å². The second kappa shape index (κ2) is 13.1. The van der Waals surface area contributed by atoms with Gasteiger partial charge in [-0.2, -0.15) is 5.10 Å². The van der Waals surface area contributed by atoms with Crippen molar-refractivity contribution in [3.05, 3.63) is 80.2 Å². The summed E-state index contributed by atoms with van der Waals surface area (Å²) in [4.78, 5) is 24.5. The molecular weight excluding hydrogens is 592 g/mol. The highest BCUT2D eigenvalue weighted by molar-refractivity contribution is 9.10. The molecule has 0 atom stereocenters. The molecule has 3 aromatic carbocycles. The lowest BCUT2D eigenvalue weighted by molar-refractivity contribution is -0.118. The van der Waals surface area contributed by atoms with E-state index in [1.807, 2.05) is 57.2 Å². The number of nitrogens with one attached hydrogen (secondary N) is 3. The fraction of sp³-hybridized carbons (Fsp3) is 0.192. The van der Waals surface area contributed by atoms with E-state index in [1.54, 1.807) is 18.2 Å². The molecule has 8 nitrogen and oxygen atoms in total. The molecule has 3 amide bonds. The van der Waals surface area contributed by atoms with Crippen LogP contribution in [0.4, 0.5) is 16.2 Å². The summed E-state index contributed by atoms with van der Waals surface area (Å²) in [5.41, 5.74) is 6.53. The van der Waals surface area contributed by atoms with Crippen LogP contribution in [0.15, 0.2) is 68.6 Å². The molecule has 0 heterocycles. The summed E-state index contributed by atoms with van der Waals surface area (Å²) in [7, 11) is 0. The van der Waals surface area contributed by atoms with E-state index >= 15 is 0 Å². The van der Waals surface area contributed by atoms with Gasteiger partial charge in [0.1, 0.15) is 0 Å². The second-order valence-corrected chi connectivity index (χ2v) is 9.45. The van der Waals surface area contributed by atoms with Crippen molar-refractivity contribution in [2.24, 2.45) is 5.10 Å². The van der Waals surface area contributed by atoms with Gasteiger partial charge < -0.3 is 20.1 Å². The summed E-state index contributed by atoms with van der Waals surface area (Å²) in [5.74, 6) is 0.551. The van der Waals surface area contributed by atoms with Crippen LogP contribution in [-0.4, -0.2) is 31.4 Å². The highest BCUT2D eigenvalue weighted by Crippen LogP contribution is 2.33. The van der Waals surface area contributed by atoms with Crippen molar-refractivity contribution in [2.75, 3.05) is 23.8 Å². The second-order valence-electron chi connectivity index (χ2n) is 7.74. The zero-order valence-electron chi connectivity index (χ0n) is 20.0. The Bertz CT molecular complexity index is 1260. The maximum atomic E-state index is 12.3. The van der Waals surface area contributed by atoms with E-state index in [9.17, 15) is 9.59 Å². The molecule has 3 rings (SSSR count). The number of halogens is 2. The number of hydrazone groups is 1. The van der Waals surface area contributed by atoms with Gasteiger partial charge in [0.15, 0.2) is 18.1 Å². The first-order valence-electron chi connectivity index (χ1n) is 11.1. The zero-order valence-corrected chi connectivity index (χ0v) is 23.2. The molecule has 0 unspecified atom stereocenters. The number of urea groups is 1. The molecular formula is C26H26Br2N4O4. The van der Waals surface area contributed by atoms with E-state index in [0.717, 1.165) is 15.6 Å². The first kappa shape index (κ1) is 27.2. The van der Waals surface area contributed by atoms with Gasteiger partial charge in [-0.3, -0.25) is 4.79 Å². The summed E-state index contributed by atoms with van der Waals surface area (Å²) in [5, 5.41) is 9.52. The third kappa shape index (κ3) is 8.10. The molecule has 3 aromatic rings. The Kier molecular flexibility index (Phi) is 9.89. The van der Waals surface area contributed by atoms with Gasteiger partial charge in [-0.1, -0.05) is 33.6 Å². The highest BCUT2D eigenvalue weighted by Gasteiger charge is 2.12. The van der Waals surface area contributed by atoms with Crippen molar-refractivity contribution in [2.45, 2.75) is 20.8 Å². The van der Waals surface area contributed by atoms with E-state index in [4.69, 9.17) is 9.47 Å². The van der Waals surface area contributed by atoms with Crippen LogP contribution < -0.4 is 25.5 Å². The standard InChI is InChI=1S/C26H26Br2N4O4/c1-4-35-23-12-18(14-29-32-26(34)31-20-9-10-21(27)17(3)11-20)22(28)13-24(23)36-15-25(33)30-19-7-5-16(2)6-8-19/h5-14H,4,15H2,1-3H3,(H,30,33)(H2,31,32,34)/b29-14+. The first-order valence-corrected chi connectivity index (χ1v) is 12.7. The van der Waals surface area contributed by atoms with E-state index in [-0.39, 0.29) is 12.5 Å². The molecule has 10 heteroatoms. The van der Waals surface area contributed by atoms with Crippen molar-refractivity contribution in [3.8, 4) is 11.5 Å². The molecule has 0 aliphatic heterocycles. The number of rotatable bonds is 9. The Morgan fingerprint density at radius 2 is 1.58 bits per heavy atom. The number of carbonyl (C=O) groups is 2. The number of ether oxygens (including phenoxy) is 2. The van der Waals surface area contributed by atoms with Gasteiger partial charge in [-0.05, 0) is 84.7 Å². The minimum absolute atomic E-state index is 0.189. The Labute approximate surface area is 226 Å². The Morgan fingerprint density at radius 3 is 2.28 bits per heavy atom. The van der Waals surface area contributed by atoms with Gasteiger partial charge in [-0.15, -0.1) is 0 Å². The zero-order chi connectivity index (χ0) is 26.1. The van der Waals surface area contributed by atoms with Crippen LogP contribution in [0.25, 0.3) is 0 Å². The van der Waals surface area contributed by atoms with Crippen molar-refractivity contribution >= 4 is 61.4 Å². The van der Waals surface area contributed by atoms with Crippen LogP contribution in [-0.2, 0) is 4.79 Å². The molecule has 0 bridgehead atoms. The average molecular weight is 618 g/mol. The summed E-state index contributed by atoms with van der Waals surface area (Å²) in [6.45, 7) is 5.97. The molecule has 188 valence electrons. The lowest BCUT2D eigenvalue weighted by Gasteiger charge is -2.14. The van der Waals surface area contributed by atoms with Crippen LogP contribution >= 0.6 is 31.9 Å². The van der Waals surface area contributed by atoms with Gasteiger partial charge in [0, 0.05) is 25.9 Å². The number of hydrogen-bond acceptors (Lipinski definition) is 5. The van der Waals surface area contributed by atoms with Crippen LogP contribution in [0.1, 0.15) is 23.6 Å². The predicted molar refractivity (Wildman–Crippen MR) is 149 cm³/mol. The van der Waals surface area contributed by atoms with Crippen molar-refractivity contribution in [1.29, 1.82) is 0 Å². The predicted octanol–water partition coefficient (Wildman–Crippen LogP) is 6.40. The summed E-state index contributed by atoms with van der Waals surface area (Å²) in [6.07, 6.45) is 1.48. The molecule has 3 N–H and O–H groups in total. The molecule has 0 aliphatic rings. The Balaban J connectivity index is 1.61. The molecule has 0 saturated heterocycles. The summed E-state index contributed by atoms with van der Waals surface area (Å²) < 4.78 is 13.0. The third-order valence-corrected chi connectivity index (χ3v) is 6.42. The van der Waals surface area contributed by atoms with Gasteiger partial charge in [-0.25, -0.2) is 10.2 Å². The summed E-state index contributed by atoms with van der Waals surface area (Å²) >= 11 is 6.90. The van der Waals surface area contributed by atoms with Gasteiger partial charge in [0.2, 0.25) is 0 Å². The molecule has 0 aliphatic carbocycles. The number of nitrogens with zero attached hydrogens (tertiary/aromatic N) is 1. The molecule has 36 heavy (non-hydrogen) atoms. The average Bonchev–Trinajstić information content (AvgIpc) is 2.84. The summed E-state index contributed by atoms with van der Waals surface area (Å²) in [6, 6.07) is 15.9. The fourth-order valence-electron chi connectivity index (χ4n) is 3.05. The smallest absolute Gasteiger partial charge is 0.339 e. The number of carbonyl (C=O) groups excluding carboxylic acids is 2. The van der Waals surface area contributed by atoms with Crippen LogP contribution in [0.3, 0.4) is 0 Å². The monoisotopic (exact) mass is 616 g/mol. The highest BCUT2D eigenvalue weighted by atomic mass is 79.9. The maximum Gasteiger partial charge on any atom is 0.339 e. The third-order valence-electron chi connectivity index (χ3n) is 4.84. The normalized spacial score (nSPS) is 10.7. The van der Waals surface area contributed by atoms with Gasteiger partial charge in [0.25, 0.3) is 5.91 Å². The fourth-order valence-corrected chi connectivity index (χ4v) is 3.72. The first-order chi connectivity index (χ1) is 17.2. The topological polar surface area (TPSA) is 101 Å². The Hall–Kier alpha value is -3.37. The maximum absolute atomic E-state index is 12.3. The lowest BCUT2D eigenvalue weighted by atomic mass is 10.2. The SMILES string of the molecule is CCOc1cc(/C=N/NC(=O)Nc2ccc(Br)c(C)c2)c(Br)cc1OCC(=O)Nc1ccc(C)cc1. The van der Waals surface area contributed by atoms with Gasteiger partial charge >= 0.3 is 6.03 Å². The lowest BCUT2D eigenvalue weighted by Crippen LogP contribution is -2.24. The molecule has 0 radical (unpaired) electrons. The molecule has 0 saturated carbocycles. The number of aryl methyl sites for hydroxylation is 2. The van der Waals surface area contributed by atoms with Crippen LogP contribution in [0, 0.1) is 13.8 Å². The Morgan fingerprint density at radius 1 is 0.889 bits per heavy atom. The minimum atomic E-state index is -0.478. The van der Waals surface area contributed by atoms with Crippen molar-refractivity contribution in [1.82, 2.24) is 5.43 Å². The molecule has 0 aromatic heterocycles. The molecule has 0 fully saturated rings. The quantitative estimate of drug-likeness (QED) is 0.191. The number of amides is 3. The van der Waals surface area contributed by atoms with E-state index in [2.05, 4.69) is 53.0 Å². The number of anilines is 2. The van der Waals surface area contributed by atoms with Crippen LogP contribution in [0.2, 0.25) is 0 Å². The van der Waals surface area contributed by atoms with E-state index in [1.165, 1.54) is 6.21 Å². The van der Waals surface area contributed by atoms with Crippen molar-refractivity contribution in [3.63, 3.8) is 0 Å². The van der Waals surface area contributed by atoms with Gasteiger partial charge in [0.05, 0.1) is 12.8 Å². The van der Waals surface area contributed by atoms with E-state index in [0.29, 0.717) is 39.5 Å². The largest absolute Gasteiger partial charge is 0.490 e. The number of benzene rings is 3.